The Morgan fingerprint density at radius 3 is 2.68 bits per heavy atom. The predicted octanol–water partition coefficient (Wildman–Crippen LogP) is 0.0601. The summed E-state index contributed by atoms with van der Waals surface area (Å²) in [4.78, 5) is 39.6. The monoisotopic (exact) mass is 347 g/mol. The third-order valence-electron chi connectivity index (χ3n) is 5.29. The number of amides is 4. The van der Waals surface area contributed by atoms with Gasteiger partial charge in [-0.3, -0.25) is 9.59 Å². The molecule has 0 saturated carbocycles. The molecule has 1 saturated heterocycles. The average Bonchev–Trinajstić information content (AvgIpc) is 2.96. The standard InChI is InChI=1S/C17H25N5O3/c1-19-15(23)13-8-11-5-7-21(10-14(11)20(13)2)16(24)12-4-3-6-22(9-12)17(18)25/h8,12H,3-7,9-10H2,1-2H3,(H2,18,25)(H,19,23). The molecule has 0 bridgehead atoms. The van der Waals surface area contributed by atoms with E-state index in [9.17, 15) is 14.4 Å². The molecule has 4 amide bonds. The highest BCUT2D eigenvalue weighted by atomic mass is 16.2. The Bertz CT molecular complexity index is 711. The molecule has 0 aliphatic carbocycles. The van der Waals surface area contributed by atoms with Gasteiger partial charge < -0.3 is 25.4 Å². The van der Waals surface area contributed by atoms with Crippen molar-refractivity contribution in [3.63, 3.8) is 0 Å². The molecule has 0 radical (unpaired) electrons. The first-order valence-electron chi connectivity index (χ1n) is 8.65. The van der Waals surface area contributed by atoms with Crippen LogP contribution in [0.4, 0.5) is 4.79 Å². The van der Waals surface area contributed by atoms with Crippen molar-refractivity contribution in [3.8, 4) is 0 Å². The molecule has 3 rings (SSSR count). The minimum Gasteiger partial charge on any atom is -0.354 e. The van der Waals surface area contributed by atoms with E-state index in [1.807, 2.05) is 22.6 Å². The van der Waals surface area contributed by atoms with Crippen LogP contribution in [0.5, 0.6) is 0 Å². The van der Waals surface area contributed by atoms with Gasteiger partial charge in [0.15, 0.2) is 0 Å². The van der Waals surface area contributed by atoms with E-state index in [1.165, 1.54) is 0 Å². The largest absolute Gasteiger partial charge is 0.354 e. The number of primary amides is 1. The fourth-order valence-corrected chi connectivity index (χ4v) is 3.82. The first-order valence-corrected chi connectivity index (χ1v) is 8.65. The lowest BCUT2D eigenvalue weighted by Gasteiger charge is -2.35. The average molecular weight is 347 g/mol. The molecule has 3 N–H and O–H groups in total. The second kappa shape index (κ2) is 6.78. The third-order valence-corrected chi connectivity index (χ3v) is 5.29. The molecule has 1 atom stereocenters. The van der Waals surface area contributed by atoms with E-state index >= 15 is 0 Å². The number of nitrogens with two attached hydrogens (primary N) is 1. The lowest BCUT2D eigenvalue weighted by Crippen LogP contribution is -2.49. The van der Waals surface area contributed by atoms with Crippen LogP contribution in [0, 0.1) is 5.92 Å². The van der Waals surface area contributed by atoms with Crippen LogP contribution < -0.4 is 11.1 Å². The molecule has 8 heteroatoms. The Morgan fingerprint density at radius 1 is 1.24 bits per heavy atom. The second-order valence-corrected chi connectivity index (χ2v) is 6.77. The normalized spacial score (nSPS) is 20.2. The van der Waals surface area contributed by atoms with Crippen LogP contribution in [-0.2, 0) is 24.8 Å². The van der Waals surface area contributed by atoms with E-state index in [4.69, 9.17) is 5.73 Å². The number of piperidine rings is 1. The minimum absolute atomic E-state index is 0.0688. The number of carbonyl (C=O) groups excluding carboxylic acids is 3. The van der Waals surface area contributed by atoms with Crippen LogP contribution in [0.25, 0.3) is 0 Å². The van der Waals surface area contributed by atoms with Crippen LogP contribution in [0.1, 0.15) is 34.6 Å². The van der Waals surface area contributed by atoms with Crippen molar-refractivity contribution < 1.29 is 14.4 Å². The molecule has 3 heterocycles. The number of carbonyl (C=O) groups is 3. The minimum atomic E-state index is -0.462. The van der Waals surface area contributed by atoms with Gasteiger partial charge in [0, 0.05) is 39.4 Å². The van der Waals surface area contributed by atoms with Gasteiger partial charge in [0.05, 0.1) is 12.5 Å². The van der Waals surface area contributed by atoms with Crippen molar-refractivity contribution in [1.29, 1.82) is 0 Å². The van der Waals surface area contributed by atoms with Crippen molar-refractivity contribution in [2.75, 3.05) is 26.7 Å². The van der Waals surface area contributed by atoms with Gasteiger partial charge in [0.2, 0.25) is 5.91 Å². The molecule has 1 unspecified atom stereocenters. The molecule has 2 aliphatic rings. The predicted molar refractivity (Wildman–Crippen MR) is 91.8 cm³/mol. The molecular formula is C17H25N5O3. The van der Waals surface area contributed by atoms with Crippen molar-refractivity contribution in [3.05, 3.63) is 23.0 Å². The van der Waals surface area contributed by atoms with Crippen LogP contribution in [0.2, 0.25) is 0 Å². The SMILES string of the molecule is CNC(=O)c1cc2c(n1C)CN(C(=O)C1CCCN(C(N)=O)C1)CC2. The van der Waals surface area contributed by atoms with E-state index < -0.39 is 6.03 Å². The van der Waals surface area contributed by atoms with Gasteiger partial charge >= 0.3 is 6.03 Å². The fraction of sp³-hybridized carbons (Fsp3) is 0.588. The van der Waals surface area contributed by atoms with Crippen molar-refractivity contribution in [2.45, 2.75) is 25.8 Å². The van der Waals surface area contributed by atoms with E-state index in [0.717, 1.165) is 30.5 Å². The molecule has 8 nitrogen and oxygen atoms in total. The lowest BCUT2D eigenvalue weighted by molar-refractivity contribution is -0.138. The van der Waals surface area contributed by atoms with Gasteiger partial charge in [-0.1, -0.05) is 0 Å². The Balaban J connectivity index is 1.74. The number of rotatable bonds is 2. The van der Waals surface area contributed by atoms with Crippen molar-refractivity contribution >= 4 is 17.8 Å². The van der Waals surface area contributed by atoms with E-state index in [-0.39, 0.29) is 17.7 Å². The summed E-state index contributed by atoms with van der Waals surface area (Å²) in [6.45, 7) is 2.15. The molecule has 1 aromatic rings. The number of hydrogen-bond donors (Lipinski definition) is 2. The summed E-state index contributed by atoms with van der Waals surface area (Å²) in [6.07, 6.45) is 2.31. The number of aromatic nitrogens is 1. The highest BCUT2D eigenvalue weighted by molar-refractivity contribution is 5.93. The Hall–Kier alpha value is -2.51. The molecule has 136 valence electrons. The maximum atomic E-state index is 12.9. The first kappa shape index (κ1) is 17.3. The zero-order chi connectivity index (χ0) is 18.1. The fourth-order valence-electron chi connectivity index (χ4n) is 3.82. The summed E-state index contributed by atoms with van der Waals surface area (Å²) in [5, 5.41) is 2.64. The van der Waals surface area contributed by atoms with Gasteiger partial charge in [0.1, 0.15) is 5.69 Å². The lowest BCUT2D eigenvalue weighted by atomic mass is 9.95. The molecule has 25 heavy (non-hydrogen) atoms. The van der Waals surface area contributed by atoms with Gasteiger partial charge in [-0.05, 0) is 30.9 Å². The van der Waals surface area contributed by atoms with Crippen molar-refractivity contribution in [1.82, 2.24) is 19.7 Å². The maximum Gasteiger partial charge on any atom is 0.314 e. The summed E-state index contributed by atoms with van der Waals surface area (Å²) in [5.74, 6) is -0.250. The zero-order valence-corrected chi connectivity index (χ0v) is 14.7. The first-order chi connectivity index (χ1) is 11.9. The molecular weight excluding hydrogens is 322 g/mol. The van der Waals surface area contributed by atoms with Gasteiger partial charge in [-0.25, -0.2) is 4.79 Å². The second-order valence-electron chi connectivity index (χ2n) is 6.77. The highest BCUT2D eigenvalue weighted by Crippen LogP contribution is 2.26. The van der Waals surface area contributed by atoms with Crippen LogP contribution >= 0.6 is 0 Å². The summed E-state index contributed by atoms with van der Waals surface area (Å²) in [7, 11) is 3.46. The van der Waals surface area contributed by atoms with Crippen LogP contribution in [0.15, 0.2) is 6.07 Å². The van der Waals surface area contributed by atoms with Crippen LogP contribution in [0.3, 0.4) is 0 Å². The number of fused-ring (bicyclic) bond motifs is 1. The molecule has 1 aromatic heterocycles. The third kappa shape index (κ3) is 3.20. The van der Waals surface area contributed by atoms with Gasteiger partial charge in [-0.2, -0.15) is 0 Å². The number of nitrogens with one attached hydrogen (secondary N) is 1. The topological polar surface area (TPSA) is 101 Å². The maximum absolute atomic E-state index is 12.9. The van der Waals surface area contributed by atoms with E-state index in [1.54, 1.807) is 11.9 Å². The zero-order valence-electron chi connectivity index (χ0n) is 14.7. The van der Waals surface area contributed by atoms with E-state index in [2.05, 4.69) is 5.32 Å². The summed E-state index contributed by atoms with van der Waals surface area (Å²) in [5.41, 5.74) is 8.09. The summed E-state index contributed by atoms with van der Waals surface area (Å²) >= 11 is 0. The molecule has 1 fully saturated rings. The van der Waals surface area contributed by atoms with Crippen molar-refractivity contribution in [2.24, 2.45) is 18.7 Å². The van der Waals surface area contributed by atoms with Crippen LogP contribution in [-0.4, -0.2) is 58.9 Å². The Labute approximate surface area is 146 Å². The smallest absolute Gasteiger partial charge is 0.314 e. The quantitative estimate of drug-likeness (QED) is 0.791. The summed E-state index contributed by atoms with van der Waals surface area (Å²) in [6, 6.07) is 1.45. The molecule has 2 aliphatic heterocycles. The van der Waals surface area contributed by atoms with E-state index in [0.29, 0.717) is 31.9 Å². The number of urea groups is 1. The molecule has 0 spiro atoms. The van der Waals surface area contributed by atoms with Gasteiger partial charge in [0.25, 0.3) is 5.91 Å². The Morgan fingerprint density at radius 2 is 2.00 bits per heavy atom. The number of likely N-dealkylation sites (tertiary alicyclic amines) is 1. The molecule has 0 aromatic carbocycles. The number of hydrogen-bond acceptors (Lipinski definition) is 3. The highest BCUT2D eigenvalue weighted by Gasteiger charge is 2.33. The number of nitrogens with zero attached hydrogens (tertiary/aromatic N) is 3. The summed E-state index contributed by atoms with van der Waals surface area (Å²) < 4.78 is 1.87. The van der Waals surface area contributed by atoms with Gasteiger partial charge in [-0.15, -0.1) is 0 Å². The Kier molecular flexibility index (Phi) is 4.69.